The fourth-order valence-electron chi connectivity index (χ4n) is 3.96. The van der Waals surface area contributed by atoms with Crippen molar-refractivity contribution < 1.29 is 9.47 Å². The molecule has 0 unspecified atom stereocenters. The smallest absolute Gasteiger partial charge is 0.171 e. The topological polar surface area (TPSA) is 59.5 Å². The maximum Gasteiger partial charge on any atom is 0.171 e. The Kier molecular flexibility index (Phi) is 5.17. The molecule has 2 fully saturated rings. The highest BCUT2D eigenvalue weighted by Gasteiger charge is 2.40. The minimum Gasteiger partial charge on any atom is -0.370 e. The van der Waals surface area contributed by atoms with E-state index in [2.05, 4.69) is 32.3 Å². The summed E-state index contributed by atoms with van der Waals surface area (Å²) < 4.78 is 11.6. The fourth-order valence-corrected chi connectivity index (χ4v) is 3.96. The first-order valence-electron chi connectivity index (χ1n) is 9.60. The molecule has 1 N–H and O–H groups in total. The standard InChI is InChI=1S/C19H28N4O2/c1-2-4-16(5-3-1)6-9-20-17-14-18(22-15-21-17)23-10-7-19(8-11-23)24-12-13-25-19/h4,14-15H,1-3,5-13H2,(H,20,21,22). The second-order valence-corrected chi connectivity index (χ2v) is 7.14. The molecule has 0 amide bonds. The summed E-state index contributed by atoms with van der Waals surface area (Å²) in [7, 11) is 0. The van der Waals surface area contributed by atoms with Gasteiger partial charge in [0.15, 0.2) is 5.79 Å². The van der Waals surface area contributed by atoms with Crippen LogP contribution < -0.4 is 10.2 Å². The Bertz CT molecular complexity index is 603. The number of ether oxygens (including phenoxy) is 2. The summed E-state index contributed by atoms with van der Waals surface area (Å²) in [5.74, 6) is 1.57. The minimum absolute atomic E-state index is 0.335. The number of nitrogens with one attached hydrogen (secondary N) is 1. The highest BCUT2D eigenvalue weighted by atomic mass is 16.7. The van der Waals surface area contributed by atoms with Gasteiger partial charge in [0.25, 0.3) is 0 Å². The normalized spacial score (nSPS) is 22.9. The van der Waals surface area contributed by atoms with Gasteiger partial charge in [-0.15, -0.1) is 0 Å². The maximum atomic E-state index is 5.80. The molecule has 0 radical (unpaired) electrons. The van der Waals surface area contributed by atoms with Gasteiger partial charge in [-0.2, -0.15) is 0 Å². The van der Waals surface area contributed by atoms with Crippen LogP contribution in [0.5, 0.6) is 0 Å². The summed E-state index contributed by atoms with van der Waals surface area (Å²) in [6, 6.07) is 2.06. The van der Waals surface area contributed by atoms with Crippen molar-refractivity contribution in [2.45, 2.75) is 50.7 Å². The second-order valence-electron chi connectivity index (χ2n) is 7.14. The highest BCUT2D eigenvalue weighted by molar-refractivity contribution is 5.48. The Morgan fingerprint density at radius 3 is 2.72 bits per heavy atom. The molecular weight excluding hydrogens is 316 g/mol. The molecule has 0 bridgehead atoms. The van der Waals surface area contributed by atoms with Crippen LogP contribution in [0.25, 0.3) is 0 Å². The zero-order chi connectivity index (χ0) is 17.0. The van der Waals surface area contributed by atoms with Crippen LogP contribution in [0.2, 0.25) is 0 Å². The third kappa shape index (κ3) is 4.12. The molecule has 1 aromatic rings. The molecule has 4 rings (SSSR count). The summed E-state index contributed by atoms with van der Waals surface area (Å²) in [5.41, 5.74) is 1.59. The maximum absolute atomic E-state index is 5.80. The van der Waals surface area contributed by atoms with E-state index in [-0.39, 0.29) is 5.79 Å². The van der Waals surface area contributed by atoms with Crippen molar-refractivity contribution in [2.75, 3.05) is 43.1 Å². The Morgan fingerprint density at radius 2 is 1.96 bits per heavy atom. The molecule has 25 heavy (non-hydrogen) atoms. The van der Waals surface area contributed by atoms with Crippen molar-refractivity contribution in [1.82, 2.24) is 9.97 Å². The number of hydrogen-bond donors (Lipinski definition) is 1. The number of hydrogen-bond acceptors (Lipinski definition) is 6. The minimum atomic E-state index is -0.335. The molecule has 1 aliphatic carbocycles. The zero-order valence-electron chi connectivity index (χ0n) is 14.9. The van der Waals surface area contributed by atoms with Crippen LogP contribution in [-0.2, 0) is 9.47 Å². The van der Waals surface area contributed by atoms with Crippen LogP contribution in [0, 0.1) is 0 Å². The predicted molar refractivity (Wildman–Crippen MR) is 97.8 cm³/mol. The van der Waals surface area contributed by atoms with Crippen molar-refractivity contribution in [1.29, 1.82) is 0 Å². The van der Waals surface area contributed by atoms with E-state index in [1.54, 1.807) is 11.9 Å². The number of aromatic nitrogens is 2. The van der Waals surface area contributed by atoms with Crippen LogP contribution >= 0.6 is 0 Å². The van der Waals surface area contributed by atoms with Gasteiger partial charge in [0.1, 0.15) is 18.0 Å². The van der Waals surface area contributed by atoms with Gasteiger partial charge in [-0.1, -0.05) is 11.6 Å². The molecule has 0 saturated carbocycles. The highest BCUT2D eigenvalue weighted by Crippen LogP contribution is 2.32. The van der Waals surface area contributed by atoms with E-state index in [0.717, 1.165) is 63.7 Å². The van der Waals surface area contributed by atoms with Gasteiger partial charge < -0.3 is 19.7 Å². The Hall–Kier alpha value is -1.66. The van der Waals surface area contributed by atoms with Crippen molar-refractivity contribution in [3.8, 4) is 0 Å². The Balaban J connectivity index is 1.30. The Labute approximate surface area is 149 Å². The Morgan fingerprint density at radius 1 is 1.12 bits per heavy atom. The molecule has 3 heterocycles. The van der Waals surface area contributed by atoms with Crippen LogP contribution in [-0.4, -0.2) is 48.6 Å². The molecule has 0 aromatic carbocycles. The molecule has 6 nitrogen and oxygen atoms in total. The molecule has 2 saturated heterocycles. The van der Waals surface area contributed by atoms with Gasteiger partial charge in [-0.3, -0.25) is 0 Å². The van der Waals surface area contributed by atoms with Gasteiger partial charge in [-0.05, 0) is 32.1 Å². The average Bonchev–Trinajstić information content (AvgIpc) is 3.12. The summed E-state index contributed by atoms with van der Waals surface area (Å²) in [6.07, 6.45) is 12.2. The molecular formula is C19H28N4O2. The van der Waals surface area contributed by atoms with E-state index in [1.165, 1.54) is 25.7 Å². The number of piperidine rings is 1. The largest absolute Gasteiger partial charge is 0.370 e. The zero-order valence-corrected chi connectivity index (χ0v) is 14.9. The molecule has 6 heteroatoms. The number of nitrogens with zero attached hydrogens (tertiary/aromatic N) is 3. The van der Waals surface area contributed by atoms with Crippen molar-refractivity contribution >= 4 is 11.6 Å². The third-order valence-electron chi connectivity index (χ3n) is 5.45. The number of allylic oxidation sites excluding steroid dienone is 1. The van der Waals surface area contributed by atoms with Gasteiger partial charge in [0, 0.05) is 38.5 Å². The number of anilines is 2. The van der Waals surface area contributed by atoms with E-state index in [1.807, 2.05) is 0 Å². The summed E-state index contributed by atoms with van der Waals surface area (Å²) >= 11 is 0. The lowest BCUT2D eigenvalue weighted by molar-refractivity contribution is -0.169. The van der Waals surface area contributed by atoms with E-state index >= 15 is 0 Å². The third-order valence-corrected chi connectivity index (χ3v) is 5.45. The quantitative estimate of drug-likeness (QED) is 0.828. The molecule has 1 spiro atoms. The lowest BCUT2D eigenvalue weighted by Crippen LogP contribution is -2.45. The first-order chi connectivity index (χ1) is 12.3. The molecule has 2 aliphatic heterocycles. The SMILES string of the molecule is C1=C(CCNc2cc(N3CCC4(CC3)OCCO4)ncn2)CCCC1. The van der Waals surface area contributed by atoms with Crippen LogP contribution in [0.15, 0.2) is 24.0 Å². The lowest BCUT2D eigenvalue weighted by Gasteiger charge is -2.38. The summed E-state index contributed by atoms with van der Waals surface area (Å²) in [5, 5.41) is 3.45. The first-order valence-corrected chi connectivity index (χ1v) is 9.60. The average molecular weight is 344 g/mol. The van der Waals surface area contributed by atoms with E-state index in [0.29, 0.717) is 0 Å². The second kappa shape index (κ2) is 7.70. The first kappa shape index (κ1) is 16.8. The van der Waals surface area contributed by atoms with E-state index in [4.69, 9.17) is 9.47 Å². The van der Waals surface area contributed by atoms with Crippen LogP contribution in [0.1, 0.15) is 44.9 Å². The van der Waals surface area contributed by atoms with Crippen molar-refractivity contribution in [3.05, 3.63) is 24.0 Å². The molecule has 136 valence electrons. The predicted octanol–water partition coefficient (Wildman–Crippen LogP) is 3.12. The van der Waals surface area contributed by atoms with Gasteiger partial charge in [-0.25, -0.2) is 9.97 Å². The molecule has 0 atom stereocenters. The van der Waals surface area contributed by atoms with E-state index < -0.39 is 0 Å². The van der Waals surface area contributed by atoms with Crippen LogP contribution in [0.4, 0.5) is 11.6 Å². The van der Waals surface area contributed by atoms with Crippen LogP contribution in [0.3, 0.4) is 0 Å². The number of rotatable bonds is 5. The fraction of sp³-hybridized carbons (Fsp3) is 0.684. The summed E-state index contributed by atoms with van der Waals surface area (Å²) in [6.45, 7) is 4.19. The van der Waals surface area contributed by atoms with Gasteiger partial charge in [0.2, 0.25) is 0 Å². The monoisotopic (exact) mass is 344 g/mol. The van der Waals surface area contributed by atoms with Gasteiger partial charge in [0.05, 0.1) is 13.2 Å². The van der Waals surface area contributed by atoms with E-state index in [9.17, 15) is 0 Å². The summed E-state index contributed by atoms with van der Waals surface area (Å²) in [4.78, 5) is 11.1. The van der Waals surface area contributed by atoms with Crippen molar-refractivity contribution in [2.24, 2.45) is 0 Å². The molecule has 1 aromatic heterocycles. The van der Waals surface area contributed by atoms with Crippen molar-refractivity contribution in [3.63, 3.8) is 0 Å². The van der Waals surface area contributed by atoms with Gasteiger partial charge >= 0.3 is 0 Å². The molecule has 3 aliphatic rings. The lowest BCUT2D eigenvalue weighted by atomic mass is 9.97.